The second kappa shape index (κ2) is 11.2. The standard InChI is InChI=1S/C22H29N3O.HI/c1-23-22(24-14-12-20-10-6-7-11-21(20)26-2)25-15-13-19(17-25)16-18-8-4-3-5-9-18;/h3-11,19H,12-17H2,1-2H3,(H,23,24);1H. The number of guanidine groups is 1. The smallest absolute Gasteiger partial charge is 0.193 e. The van der Waals surface area contributed by atoms with Crippen molar-refractivity contribution in [1.82, 2.24) is 10.2 Å². The van der Waals surface area contributed by atoms with Crippen LogP contribution in [-0.2, 0) is 12.8 Å². The number of nitrogens with one attached hydrogen (secondary N) is 1. The van der Waals surface area contributed by atoms with Crippen LogP contribution in [0.1, 0.15) is 17.5 Å². The molecule has 0 radical (unpaired) electrons. The van der Waals surface area contributed by atoms with E-state index in [-0.39, 0.29) is 24.0 Å². The van der Waals surface area contributed by atoms with Crippen molar-refractivity contribution < 1.29 is 4.74 Å². The van der Waals surface area contributed by atoms with Crippen molar-refractivity contribution in [1.29, 1.82) is 0 Å². The van der Waals surface area contributed by atoms with Gasteiger partial charge in [-0.25, -0.2) is 0 Å². The molecular formula is C22H30IN3O. The summed E-state index contributed by atoms with van der Waals surface area (Å²) in [5.74, 6) is 2.66. The maximum Gasteiger partial charge on any atom is 0.193 e. The highest BCUT2D eigenvalue weighted by molar-refractivity contribution is 14.0. The fraction of sp³-hybridized carbons (Fsp3) is 0.409. The van der Waals surface area contributed by atoms with Crippen LogP contribution in [-0.4, -0.2) is 44.7 Å². The van der Waals surface area contributed by atoms with E-state index in [4.69, 9.17) is 4.74 Å². The van der Waals surface area contributed by atoms with Gasteiger partial charge in [0.1, 0.15) is 5.75 Å². The van der Waals surface area contributed by atoms with Gasteiger partial charge < -0.3 is 15.0 Å². The maximum atomic E-state index is 5.43. The van der Waals surface area contributed by atoms with E-state index in [1.807, 2.05) is 19.2 Å². The van der Waals surface area contributed by atoms with E-state index in [9.17, 15) is 0 Å². The topological polar surface area (TPSA) is 36.9 Å². The van der Waals surface area contributed by atoms with Gasteiger partial charge in [0.15, 0.2) is 5.96 Å². The van der Waals surface area contributed by atoms with Crippen molar-refractivity contribution in [3.63, 3.8) is 0 Å². The SMILES string of the molecule is CN=C(NCCc1ccccc1OC)N1CCC(Cc2ccccc2)C1.I. The molecule has 1 atom stereocenters. The fourth-order valence-electron chi connectivity index (χ4n) is 3.69. The first-order valence-corrected chi connectivity index (χ1v) is 9.41. The number of aliphatic imine (C=N–C) groups is 1. The molecule has 3 rings (SSSR count). The third-order valence-electron chi connectivity index (χ3n) is 5.03. The van der Waals surface area contributed by atoms with Crippen molar-refractivity contribution in [2.75, 3.05) is 33.8 Å². The minimum Gasteiger partial charge on any atom is -0.496 e. The molecule has 1 aliphatic heterocycles. The number of hydrogen-bond acceptors (Lipinski definition) is 2. The second-order valence-corrected chi connectivity index (χ2v) is 6.83. The zero-order valence-corrected chi connectivity index (χ0v) is 18.6. The van der Waals surface area contributed by atoms with Crippen LogP contribution in [0.4, 0.5) is 0 Å². The van der Waals surface area contributed by atoms with E-state index in [0.717, 1.165) is 44.2 Å². The van der Waals surface area contributed by atoms with Gasteiger partial charge in [0.05, 0.1) is 7.11 Å². The lowest BCUT2D eigenvalue weighted by atomic mass is 9.99. The minimum absolute atomic E-state index is 0. The molecule has 27 heavy (non-hydrogen) atoms. The molecule has 1 aliphatic rings. The summed E-state index contributed by atoms with van der Waals surface area (Å²) in [7, 11) is 3.60. The highest BCUT2D eigenvalue weighted by Gasteiger charge is 2.24. The van der Waals surface area contributed by atoms with Crippen LogP contribution in [0.2, 0.25) is 0 Å². The van der Waals surface area contributed by atoms with Crippen molar-refractivity contribution >= 4 is 29.9 Å². The van der Waals surface area contributed by atoms with E-state index in [1.54, 1.807) is 7.11 Å². The molecule has 5 heteroatoms. The molecule has 0 saturated carbocycles. The molecule has 1 unspecified atom stereocenters. The van der Waals surface area contributed by atoms with Gasteiger partial charge in [0.2, 0.25) is 0 Å². The molecule has 2 aromatic carbocycles. The molecule has 1 fully saturated rings. The number of ether oxygens (including phenoxy) is 1. The Kier molecular flexibility index (Phi) is 8.91. The highest BCUT2D eigenvalue weighted by atomic mass is 127. The summed E-state index contributed by atoms with van der Waals surface area (Å²) in [4.78, 5) is 6.87. The van der Waals surface area contributed by atoms with Crippen molar-refractivity contribution in [2.45, 2.75) is 19.3 Å². The Hall–Kier alpha value is -1.76. The summed E-state index contributed by atoms with van der Waals surface area (Å²) >= 11 is 0. The predicted octanol–water partition coefficient (Wildman–Crippen LogP) is 4.00. The van der Waals surface area contributed by atoms with Crippen LogP contribution < -0.4 is 10.1 Å². The first kappa shape index (κ1) is 21.5. The molecule has 4 nitrogen and oxygen atoms in total. The number of para-hydroxylation sites is 1. The summed E-state index contributed by atoms with van der Waals surface area (Å²) < 4.78 is 5.43. The number of methoxy groups -OCH3 is 1. The molecular weight excluding hydrogens is 449 g/mol. The van der Waals surface area contributed by atoms with Crippen LogP contribution in [0.15, 0.2) is 59.6 Å². The summed E-state index contributed by atoms with van der Waals surface area (Å²) in [6.07, 6.45) is 3.29. The van der Waals surface area contributed by atoms with Gasteiger partial charge in [-0.2, -0.15) is 0 Å². The van der Waals surface area contributed by atoms with E-state index < -0.39 is 0 Å². The number of likely N-dealkylation sites (tertiary alicyclic amines) is 1. The summed E-state index contributed by atoms with van der Waals surface area (Å²) in [5.41, 5.74) is 2.65. The van der Waals surface area contributed by atoms with Crippen molar-refractivity contribution in [3.8, 4) is 5.75 Å². The van der Waals surface area contributed by atoms with E-state index in [2.05, 4.69) is 57.7 Å². The third kappa shape index (κ3) is 6.13. The van der Waals surface area contributed by atoms with E-state index in [0.29, 0.717) is 5.92 Å². The Morgan fingerprint density at radius 2 is 1.89 bits per heavy atom. The Balaban J connectivity index is 0.00000261. The zero-order chi connectivity index (χ0) is 18.2. The van der Waals surface area contributed by atoms with Crippen molar-refractivity contribution in [3.05, 3.63) is 65.7 Å². The molecule has 0 aliphatic carbocycles. The number of rotatable bonds is 6. The Morgan fingerprint density at radius 1 is 1.15 bits per heavy atom. The van der Waals surface area contributed by atoms with Crippen LogP contribution in [0, 0.1) is 5.92 Å². The van der Waals surface area contributed by atoms with Crippen LogP contribution in [0.5, 0.6) is 5.75 Å². The Labute approximate surface area is 180 Å². The number of nitrogens with zero attached hydrogens (tertiary/aromatic N) is 2. The Morgan fingerprint density at radius 3 is 2.63 bits per heavy atom. The van der Waals surface area contributed by atoms with Crippen LogP contribution in [0.25, 0.3) is 0 Å². The van der Waals surface area contributed by atoms with E-state index in [1.165, 1.54) is 17.5 Å². The molecule has 1 heterocycles. The molecule has 0 spiro atoms. The summed E-state index contributed by atoms with van der Waals surface area (Å²) in [6, 6.07) is 19.0. The lowest BCUT2D eigenvalue weighted by Crippen LogP contribution is -2.41. The predicted molar refractivity (Wildman–Crippen MR) is 123 cm³/mol. The average molecular weight is 479 g/mol. The molecule has 0 aromatic heterocycles. The lowest BCUT2D eigenvalue weighted by Gasteiger charge is -2.22. The van der Waals surface area contributed by atoms with Gasteiger partial charge in [0.25, 0.3) is 0 Å². The summed E-state index contributed by atoms with van der Waals surface area (Å²) in [6.45, 7) is 3.00. The van der Waals surface area contributed by atoms with E-state index >= 15 is 0 Å². The number of halogens is 1. The lowest BCUT2D eigenvalue weighted by molar-refractivity contribution is 0.409. The average Bonchev–Trinajstić information content (AvgIpc) is 3.14. The number of benzene rings is 2. The molecule has 2 aromatic rings. The zero-order valence-electron chi connectivity index (χ0n) is 16.2. The van der Waals surface area contributed by atoms with Gasteiger partial charge in [-0.05, 0) is 42.4 Å². The molecule has 0 bridgehead atoms. The fourth-order valence-corrected chi connectivity index (χ4v) is 3.69. The quantitative estimate of drug-likeness (QED) is 0.387. The van der Waals surface area contributed by atoms with Gasteiger partial charge in [0, 0.05) is 26.7 Å². The van der Waals surface area contributed by atoms with Crippen LogP contribution in [0.3, 0.4) is 0 Å². The largest absolute Gasteiger partial charge is 0.496 e. The summed E-state index contributed by atoms with van der Waals surface area (Å²) in [5, 5.41) is 3.52. The number of hydrogen-bond donors (Lipinski definition) is 1. The molecule has 1 N–H and O–H groups in total. The monoisotopic (exact) mass is 479 g/mol. The first-order valence-electron chi connectivity index (χ1n) is 9.41. The Bertz CT molecular complexity index is 721. The van der Waals surface area contributed by atoms with Crippen LogP contribution >= 0.6 is 24.0 Å². The van der Waals surface area contributed by atoms with Gasteiger partial charge in [-0.3, -0.25) is 4.99 Å². The van der Waals surface area contributed by atoms with Gasteiger partial charge in [-0.15, -0.1) is 24.0 Å². The van der Waals surface area contributed by atoms with Gasteiger partial charge >= 0.3 is 0 Å². The second-order valence-electron chi connectivity index (χ2n) is 6.83. The third-order valence-corrected chi connectivity index (χ3v) is 5.03. The van der Waals surface area contributed by atoms with Gasteiger partial charge in [-0.1, -0.05) is 48.5 Å². The maximum absolute atomic E-state index is 5.43. The highest BCUT2D eigenvalue weighted by Crippen LogP contribution is 2.21. The molecule has 146 valence electrons. The molecule has 0 amide bonds. The normalized spacial score (nSPS) is 16.7. The minimum atomic E-state index is 0. The van der Waals surface area contributed by atoms with Crippen molar-refractivity contribution in [2.24, 2.45) is 10.9 Å². The molecule has 1 saturated heterocycles. The first-order chi connectivity index (χ1) is 12.8.